The quantitative estimate of drug-likeness (QED) is 0.280. The summed E-state index contributed by atoms with van der Waals surface area (Å²) >= 11 is 0. The van der Waals surface area contributed by atoms with Gasteiger partial charge in [-0.15, -0.1) is 0 Å². The largest absolute Gasteiger partial charge is 0.368 e. The van der Waals surface area contributed by atoms with Crippen molar-refractivity contribution in [2.24, 2.45) is 4.99 Å². The molecule has 1 aliphatic heterocycles. The predicted molar refractivity (Wildman–Crippen MR) is 153 cm³/mol. The third-order valence-electron chi connectivity index (χ3n) is 7.92. The van der Waals surface area contributed by atoms with Crippen LogP contribution in [0.3, 0.4) is 0 Å². The number of halogens is 1. The molecule has 42 heavy (non-hydrogen) atoms. The summed E-state index contributed by atoms with van der Waals surface area (Å²) in [7, 11) is 1.53. The lowest BCUT2D eigenvalue weighted by Crippen LogP contribution is -2.50. The summed E-state index contributed by atoms with van der Waals surface area (Å²) in [5.74, 6) is 1.09. The first-order valence-electron chi connectivity index (χ1n) is 15.2. The average molecular weight is 576 g/mol. The molecule has 2 aliphatic rings. The molecule has 0 radical (unpaired) electrons. The minimum absolute atomic E-state index is 0.132. The number of aromatic amines is 1. The third-order valence-corrected chi connectivity index (χ3v) is 7.92. The van der Waals surface area contributed by atoms with Crippen LogP contribution in [0, 0.1) is 12.7 Å². The molecule has 4 aromatic rings. The first-order chi connectivity index (χ1) is 21.5. The molecule has 3 N–H and O–H groups in total. The van der Waals surface area contributed by atoms with Gasteiger partial charge in [0.25, 0.3) is 5.91 Å². The number of aryl methyl sites for hydroxylation is 1. The highest BCUT2D eigenvalue weighted by atomic mass is 19.1. The molecule has 4 aromatic heterocycles. The monoisotopic (exact) mass is 575 g/mol. The number of ether oxygens (including phenoxy) is 1. The number of methoxy groups -OCH3 is 1. The van der Waals surface area contributed by atoms with E-state index in [0.29, 0.717) is 60.2 Å². The van der Waals surface area contributed by atoms with Crippen LogP contribution in [0.25, 0.3) is 5.82 Å². The number of pyridine rings is 1. The van der Waals surface area contributed by atoms with Gasteiger partial charge in [0.2, 0.25) is 0 Å². The van der Waals surface area contributed by atoms with E-state index in [-0.39, 0.29) is 17.9 Å². The Kier molecular flexibility index (Phi) is 6.34. The number of carbonyl (C=O) groups is 1. The fourth-order valence-electron chi connectivity index (χ4n) is 5.43. The Bertz CT molecular complexity index is 1730. The lowest BCUT2D eigenvalue weighted by atomic mass is 9.77. The zero-order valence-corrected chi connectivity index (χ0v) is 23.4. The summed E-state index contributed by atoms with van der Waals surface area (Å²) in [5.41, 5.74) is 1.44. The maximum absolute atomic E-state index is 13.6. The normalized spacial score (nSPS) is 23.5. The van der Waals surface area contributed by atoms with Crippen LogP contribution in [0.5, 0.6) is 0 Å². The van der Waals surface area contributed by atoms with Gasteiger partial charge in [-0.1, -0.05) is 6.07 Å². The molecule has 5 heterocycles. The first kappa shape index (κ1) is 24.1. The zero-order chi connectivity index (χ0) is 31.9. The lowest BCUT2D eigenvalue weighted by molar-refractivity contribution is -0.148. The SMILES string of the molecule is [2H]C([2H])([2H])C1N=Cc2c(Nc3cc(C)[nH]n3)nc(C3CCC(OC)(C(=O)N[C@@H](C)c4ccc(-n5cc(F)cn5)nc4)CC3)nc21. The van der Waals surface area contributed by atoms with Crippen molar-refractivity contribution >= 4 is 23.8 Å². The van der Waals surface area contributed by atoms with E-state index in [4.69, 9.17) is 18.8 Å². The maximum atomic E-state index is 13.6. The molecule has 1 amide bonds. The van der Waals surface area contributed by atoms with Crippen molar-refractivity contribution in [3.63, 3.8) is 0 Å². The Balaban J connectivity index is 1.17. The summed E-state index contributed by atoms with van der Waals surface area (Å²) in [5, 5.41) is 17.3. The maximum Gasteiger partial charge on any atom is 0.252 e. The van der Waals surface area contributed by atoms with Crippen LogP contribution in [-0.4, -0.2) is 59.8 Å². The van der Waals surface area contributed by atoms with Gasteiger partial charge in [-0.25, -0.2) is 24.0 Å². The number of hydrogen-bond donors (Lipinski definition) is 3. The second-order valence-electron chi connectivity index (χ2n) is 10.7. The van der Waals surface area contributed by atoms with Crippen LogP contribution in [0.4, 0.5) is 16.0 Å². The van der Waals surface area contributed by atoms with Gasteiger partial charge < -0.3 is 15.4 Å². The summed E-state index contributed by atoms with van der Waals surface area (Å²) in [6, 6.07) is 3.87. The summed E-state index contributed by atoms with van der Waals surface area (Å²) in [4.78, 5) is 31.7. The summed E-state index contributed by atoms with van der Waals surface area (Å²) in [6.07, 6.45) is 7.38. The third kappa shape index (κ3) is 5.27. The Morgan fingerprint density at radius 1 is 1.29 bits per heavy atom. The van der Waals surface area contributed by atoms with Crippen molar-refractivity contribution in [3.05, 3.63) is 70.9 Å². The van der Waals surface area contributed by atoms with E-state index in [1.165, 1.54) is 24.2 Å². The lowest BCUT2D eigenvalue weighted by Gasteiger charge is -2.38. The minimum atomic E-state index is -2.37. The Morgan fingerprint density at radius 3 is 2.76 bits per heavy atom. The number of aliphatic imine (C=N–C) groups is 1. The number of hydrogen-bond acceptors (Lipinski definition) is 9. The molecule has 12 nitrogen and oxygen atoms in total. The number of H-pyrrole nitrogens is 1. The topological polar surface area (TPSA) is 148 Å². The fraction of sp³-hybridized carbons (Fsp3) is 0.414. The Hall–Kier alpha value is -4.52. The highest BCUT2D eigenvalue weighted by Gasteiger charge is 2.43. The molecule has 218 valence electrons. The number of fused-ring (bicyclic) bond motifs is 1. The van der Waals surface area contributed by atoms with Crippen molar-refractivity contribution in [2.75, 3.05) is 12.4 Å². The van der Waals surface area contributed by atoms with E-state index in [1.807, 2.05) is 19.9 Å². The number of aromatic nitrogens is 7. The van der Waals surface area contributed by atoms with Crippen molar-refractivity contribution in [2.45, 2.75) is 70.0 Å². The van der Waals surface area contributed by atoms with Crippen molar-refractivity contribution in [1.82, 2.24) is 40.2 Å². The van der Waals surface area contributed by atoms with Gasteiger partial charge >= 0.3 is 0 Å². The average Bonchev–Trinajstić information content (AvgIpc) is 3.76. The van der Waals surface area contributed by atoms with Gasteiger partial charge in [-0.2, -0.15) is 10.2 Å². The van der Waals surface area contributed by atoms with Crippen LogP contribution in [-0.2, 0) is 9.53 Å². The fourth-order valence-corrected chi connectivity index (χ4v) is 5.43. The van der Waals surface area contributed by atoms with E-state index in [2.05, 4.69) is 35.9 Å². The molecular weight excluding hydrogens is 539 g/mol. The number of anilines is 2. The van der Waals surface area contributed by atoms with Gasteiger partial charge in [0.1, 0.15) is 17.2 Å². The van der Waals surface area contributed by atoms with E-state index in [0.717, 1.165) is 17.5 Å². The van der Waals surface area contributed by atoms with E-state index in [9.17, 15) is 9.18 Å². The van der Waals surface area contributed by atoms with Crippen LogP contribution in [0.2, 0.25) is 0 Å². The molecule has 13 heteroatoms. The van der Waals surface area contributed by atoms with Gasteiger partial charge in [0, 0.05) is 41.3 Å². The first-order valence-corrected chi connectivity index (χ1v) is 13.7. The van der Waals surface area contributed by atoms with Crippen molar-refractivity contribution in [3.8, 4) is 5.82 Å². The molecule has 1 saturated carbocycles. The highest BCUT2D eigenvalue weighted by Crippen LogP contribution is 2.41. The van der Waals surface area contributed by atoms with E-state index < -0.39 is 24.3 Å². The van der Waals surface area contributed by atoms with Crippen molar-refractivity contribution in [1.29, 1.82) is 0 Å². The molecule has 1 unspecified atom stereocenters. The van der Waals surface area contributed by atoms with Crippen LogP contribution < -0.4 is 10.6 Å². The molecule has 6 rings (SSSR count). The number of nitrogens with one attached hydrogen (secondary N) is 3. The van der Waals surface area contributed by atoms with Crippen LogP contribution >= 0.6 is 0 Å². The molecule has 0 bridgehead atoms. The standard InChI is InChI=1S/C29H33FN10O2/c1-16-11-23(39-38-16)35-27-22-14-31-18(3)25(22)36-26(37-27)19-7-9-29(42-4,10-8-19)28(41)34-17(2)20-5-6-24(32-12-20)40-15-21(30)13-33-40/h5-6,11-15,17-19H,7-10H2,1-4H3,(H,34,41)(H2,35,36,37,38,39)/t17-,18?,19?,29?/m0/s1/i3D3. The second-order valence-corrected chi connectivity index (χ2v) is 10.7. The van der Waals surface area contributed by atoms with Crippen LogP contribution in [0.1, 0.15) is 89.9 Å². The van der Waals surface area contributed by atoms with E-state index >= 15 is 0 Å². The second kappa shape index (κ2) is 11.0. The molecule has 1 aliphatic carbocycles. The zero-order valence-electron chi connectivity index (χ0n) is 26.4. The Morgan fingerprint density at radius 2 is 2.12 bits per heavy atom. The molecule has 0 spiro atoms. The summed E-state index contributed by atoms with van der Waals surface area (Å²) in [6.45, 7) is 1.36. The molecule has 0 saturated heterocycles. The van der Waals surface area contributed by atoms with Gasteiger partial charge in [0.15, 0.2) is 17.5 Å². The van der Waals surface area contributed by atoms with Gasteiger partial charge in [-0.05, 0) is 58.0 Å². The minimum Gasteiger partial charge on any atom is -0.368 e. The number of amides is 1. The Labute approximate surface area is 246 Å². The molecule has 1 fully saturated rings. The molecule has 0 aromatic carbocycles. The predicted octanol–water partition coefficient (Wildman–Crippen LogP) is 4.39. The van der Waals surface area contributed by atoms with Crippen LogP contribution in [0.15, 0.2) is 41.8 Å². The van der Waals surface area contributed by atoms with E-state index in [1.54, 1.807) is 18.3 Å². The van der Waals surface area contributed by atoms with Gasteiger partial charge in [0.05, 0.1) is 35.7 Å². The van der Waals surface area contributed by atoms with Crippen molar-refractivity contribution < 1.29 is 18.0 Å². The number of nitrogens with zero attached hydrogens (tertiary/aromatic N) is 7. The molecule has 2 atom stereocenters. The number of rotatable bonds is 8. The number of carbonyl (C=O) groups excluding carboxylic acids is 1. The summed E-state index contributed by atoms with van der Waals surface area (Å²) < 4.78 is 44.5. The highest BCUT2D eigenvalue weighted by molar-refractivity contribution is 5.91. The smallest absolute Gasteiger partial charge is 0.252 e. The van der Waals surface area contributed by atoms with Gasteiger partial charge in [-0.3, -0.25) is 14.9 Å². The molecular formula is C29H33FN10O2.